The zero-order valence-corrected chi connectivity index (χ0v) is 38.2. The molecule has 0 aromatic carbocycles. The molecule has 10 heteroatoms. The van der Waals surface area contributed by atoms with Gasteiger partial charge in [-0.05, 0) is 77.0 Å². The van der Waals surface area contributed by atoms with E-state index in [-0.39, 0.29) is 38.6 Å². The number of carbonyl (C=O) groups is 2. The minimum Gasteiger partial charge on any atom is -0.462 e. The van der Waals surface area contributed by atoms with E-state index in [0.717, 1.165) is 83.5 Å². The number of phosphoric ester groups is 1. The van der Waals surface area contributed by atoms with Crippen molar-refractivity contribution in [3.8, 4) is 0 Å². The summed E-state index contributed by atoms with van der Waals surface area (Å²) in [6, 6.07) is 0. The van der Waals surface area contributed by atoms with Crippen LogP contribution in [0.5, 0.6) is 0 Å². The Morgan fingerprint density at radius 2 is 0.897 bits per heavy atom. The molecule has 0 rings (SSSR count). The summed E-state index contributed by atoms with van der Waals surface area (Å²) in [6.07, 6.45) is 51.3. The lowest BCUT2D eigenvalue weighted by Crippen LogP contribution is -2.29. The maximum Gasteiger partial charge on any atom is 0.472 e. The van der Waals surface area contributed by atoms with Gasteiger partial charge >= 0.3 is 19.8 Å². The van der Waals surface area contributed by atoms with E-state index in [9.17, 15) is 19.0 Å². The van der Waals surface area contributed by atoms with Crippen molar-refractivity contribution in [2.45, 2.75) is 219 Å². The third-order valence-corrected chi connectivity index (χ3v) is 10.9. The number of ether oxygens (including phenoxy) is 2. The first-order valence-corrected chi connectivity index (χ1v) is 25.1. The van der Waals surface area contributed by atoms with E-state index in [1.54, 1.807) is 0 Å². The largest absolute Gasteiger partial charge is 0.472 e. The SMILES string of the molecule is CCCCC/C=C\C/C=C\C/C=C\CCCCCCCCC(=O)OC(COC(=O)CCCCCCCCC/C=C\CCCCCCCCC)COP(=O)(O)OCCN. The zero-order chi connectivity index (χ0) is 42.5. The van der Waals surface area contributed by atoms with Gasteiger partial charge in [-0.2, -0.15) is 0 Å². The first-order chi connectivity index (χ1) is 28.3. The summed E-state index contributed by atoms with van der Waals surface area (Å²) in [5, 5.41) is 0. The second-order valence-corrected chi connectivity index (χ2v) is 17.1. The summed E-state index contributed by atoms with van der Waals surface area (Å²) in [7, 11) is -4.38. The Morgan fingerprint density at radius 1 is 0.517 bits per heavy atom. The van der Waals surface area contributed by atoms with Crippen molar-refractivity contribution < 1.29 is 37.6 Å². The van der Waals surface area contributed by atoms with E-state index in [0.29, 0.717) is 6.42 Å². The molecule has 0 aliphatic rings. The summed E-state index contributed by atoms with van der Waals surface area (Å²) >= 11 is 0. The predicted molar refractivity (Wildman–Crippen MR) is 243 cm³/mol. The molecule has 0 amide bonds. The molecule has 0 spiro atoms. The van der Waals surface area contributed by atoms with E-state index in [1.807, 2.05) is 0 Å². The third-order valence-electron chi connectivity index (χ3n) is 9.94. The smallest absolute Gasteiger partial charge is 0.462 e. The van der Waals surface area contributed by atoms with E-state index < -0.39 is 26.5 Å². The van der Waals surface area contributed by atoms with Gasteiger partial charge in [-0.3, -0.25) is 18.6 Å². The Bertz CT molecular complexity index is 1090. The molecule has 2 atom stereocenters. The highest BCUT2D eigenvalue weighted by molar-refractivity contribution is 7.47. The van der Waals surface area contributed by atoms with Crippen LogP contribution in [0.2, 0.25) is 0 Å². The standard InChI is InChI=1S/C48H88NO8P/c1-3-5-7-9-11-13-15-17-19-21-23-25-27-29-31-33-35-37-39-41-48(51)57-46(45-56-58(52,53)55-43-42-49)44-54-47(50)40-38-36-34-32-30-28-26-24-22-20-18-16-14-12-10-8-6-4-2/h11,13,17,19-20,22-23,25,46H,3-10,12,14-16,18,21,24,26-45,49H2,1-2H3,(H,52,53)/b13-11-,19-17-,22-20-,25-23-. The van der Waals surface area contributed by atoms with E-state index in [4.69, 9.17) is 24.3 Å². The van der Waals surface area contributed by atoms with Gasteiger partial charge in [0, 0.05) is 19.4 Å². The molecule has 9 nitrogen and oxygen atoms in total. The fourth-order valence-corrected chi connectivity index (χ4v) is 7.17. The lowest BCUT2D eigenvalue weighted by Gasteiger charge is -2.19. The van der Waals surface area contributed by atoms with Gasteiger partial charge < -0.3 is 20.1 Å². The number of esters is 2. The molecule has 58 heavy (non-hydrogen) atoms. The maximum atomic E-state index is 12.6. The first kappa shape index (κ1) is 56.0. The molecule has 338 valence electrons. The predicted octanol–water partition coefficient (Wildman–Crippen LogP) is 13.9. The molecule has 0 fully saturated rings. The van der Waals surface area contributed by atoms with Crippen LogP contribution in [0.15, 0.2) is 48.6 Å². The minimum atomic E-state index is -4.38. The van der Waals surface area contributed by atoms with Crippen molar-refractivity contribution in [1.29, 1.82) is 0 Å². The van der Waals surface area contributed by atoms with Crippen LogP contribution in [-0.2, 0) is 32.7 Å². The van der Waals surface area contributed by atoms with Crippen LogP contribution >= 0.6 is 7.82 Å². The molecule has 0 heterocycles. The van der Waals surface area contributed by atoms with Crippen molar-refractivity contribution in [3.05, 3.63) is 48.6 Å². The van der Waals surface area contributed by atoms with Crippen LogP contribution in [0.3, 0.4) is 0 Å². The number of hydrogen-bond donors (Lipinski definition) is 2. The number of hydrogen-bond acceptors (Lipinski definition) is 8. The van der Waals surface area contributed by atoms with Gasteiger partial charge in [0.15, 0.2) is 6.10 Å². The molecule has 2 unspecified atom stereocenters. The fourth-order valence-electron chi connectivity index (χ4n) is 6.40. The Morgan fingerprint density at radius 3 is 1.38 bits per heavy atom. The number of rotatable bonds is 44. The average molecular weight is 838 g/mol. The fraction of sp³-hybridized carbons (Fsp3) is 0.792. The van der Waals surface area contributed by atoms with Gasteiger partial charge in [-0.15, -0.1) is 0 Å². The molecule has 0 bridgehead atoms. The Balaban J connectivity index is 4.14. The van der Waals surface area contributed by atoms with E-state index in [1.165, 1.54) is 96.3 Å². The van der Waals surface area contributed by atoms with Crippen LogP contribution < -0.4 is 5.73 Å². The molecule has 0 aromatic rings. The molecule has 3 N–H and O–H groups in total. The normalized spacial score (nSPS) is 13.7. The number of phosphoric acid groups is 1. The first-order valence-electron chi connectivity index (χ1n) is 23.6. The summed E-state index contributed by atoms with van der Waals surface area (Å²) in [5.41, 5.74) is 5.36. The highest BCUT2D eigenvalue weighted by atomic mass is 31.2. The third kappa shape index (κ3) is 43.5. The lowest BCUT2D eigenvalue weighted by molar-refractivity contribution is -0.161. The molecular weight excluding hydrogens is 750 g/mol. The maximum absolute atomic E-state index is 12.6. The Hall–Kier alpha value is -2.03. The quantitative estimate of drug-likeness (QED) is 0.0266. The zero-order valence-electron chi connectivity index (χ0n) is 37.3. The van der Waals surface area contributed by atoms with Crippen LogP contribution in [0.1, 0.15) is 213 Å². The van der Waals surface area contributed by atoms with Crippen molar-refractivity contribution in [2.75, 3.05) is 26.4 Å². The topological polar surface area (TPSA) is 134 Å². The second-order valence-electron chi connectivity index (χ2n) is 15.6. The number of nitrogens with two attached hydrogens (primary N) is 1. The van der Waals surface area contributed by atoms with Gasteiger partial charge in [0.2, 0.25) is 0 Å². The number of allylic oxidation sites excluding steroid dienone is 8. The van der Waals surface area contributed by atoms with Gasteiger partial charge in [0.1, 0.15) is 6.61 Å². The Kier molecular flexibility index (Phi) is 43.0. The summed E-state index contributed by atoms with van der Waals surface area (Å²) in [4.78, 5) is 35.0. The molecule has 0 radical (unpaired) electrons. The van der Waals surface area contributed by atoms with Crippen molar-refractivity contribution in [2.24, 2.45) is 5.73 Å². The van der Waals surface area contributed by atoms with Crippen LogP contribution in [0, 0.1) is 0 Å². The number of carbonyl (C=O) groups excluding carboxylic acids is 2. The summed E-state index contributed by atoms with van der Waals surface area (Å²) in [5.74, 6) is -0.846. The van der Waals surface area contributed by atoms with Crippen molar-refractivity contribution in [1.82, 2.24) is 0 Å². The molecule has 0 saturated carbocycles. The van der Waals surface area contributed by atoms with E-state index >= 15 is 0 Å². The summed E-state index contributed by atoms with van der Waals surface area (Å²) in [6.45, 7) is 3.70. The molecule has 0 aliphatic carbocycles. The lowest BCUT2D eigenvalue weighted by atomic mass is 10.1. The van der Waals surface area contributed by atoms with Crippen molar-refractivity contribution in [3.63, 3.8) is 0 Å². The molecule has 0 saturated heterocycles. The van der Waals surface area contributed by atoms with Gasteiger partial charge in [0.05, 0.1) is 13.2 Å². The number of unbranched alkanes of at least 4 members (excludes halogenated alkanes) is 23. The monoisotopic (exact) mass is 838 g/mol. The minimum absolute atomic E-state index is 0.0492. The van der Waals surface area contributed by atoms with Gasteiger partial charge in [-0.1, -0.05) is 172 Å². The Labute approximate surface area is 356 Å². The van der Waals surface area contributed by atoms with Crippen LogP contribution in [-0.4, -0.2) is 49.3 Å². The van der Waals surface area contributed by atoms with E-state index in [2.05, 4.69) is 62.5 Å². The van der Waals surface area contributed by atoms with Gasteiger partial charge in [-0.25, -0.2) is 4.57 Å². The highest BCUT2D eigenvalue weighted by Gasteiger charge is 2.26. The molecular formula is C48H88NO8P. The highest BCUT2D eigenvalue weighted by Crippen LogP contribution is 2.43. The van der Waals surface area contributed by atoms with Crippen molar-refractivity contribution >= 4 is 19.8 Å². The second kappa shape index (κ2) is 44.5. The molecule has 0 aromatic heterocycles. The van der Waals surface area contributed by atoms with Crippen LogP contribution in [0.25, 0.3) is 0 Å². The molecule has 0 aliphatic heterocycles. The summed E-state index contributed by atoms with van der Waals surface area (Å²) < 4.78 is 32.8. The van der Waals surface area contributed by atoms with Crippen LogP contribution in [0.4, 0.5) is 0 Å². The van der Waals surface area contributed by atoms with Gasteiger partial charge in [0.25, 0.3) is 0 Å². The average Bonchev–Trinajstić information content (AvgIpc) is 3.21.